The maximum absolute atomic E-state index is 3.66. The molecule has 0 aliphatic heterocycles. The SMILES string of the molecule is CNC(c1ccccc1Br)C1CCCCC1. The van der Waals surface area contributed by atoms with Crippen molar-refractivity contribution in [2.45, 2.75) is 38.1 Å². The van der Waals surface area contributed by atoms with Crippen molar-refractivity contribution in [3.05, 3.63) is 34.3 Å². The van der Waals surface area contributed by atoms with Gasteiger partial charge in [0.1, 0.15) is 0 Å². The Morgan fingerprint density at radius 3 is 2.50 bits per heavy atom. The van der Waals surface area contributed by atoms with Gasteiger partial charge in [-0.1, -0.05) is 53.4 Å². The van der Waals surface area contributed by atoms with Gasteiger partial charge in [0.05, 0.1) is 0 Å². The molecule has 16 heavy (non-hydrogen) atoms. The number of hydrogen-bond donors (Lipinski definition) is 1. The van der Waals surface area contributed by atoms with Crippen LogP contribution in [0.2, 0.25) is 0 Å². The van der Waals surface area contributed by atoms with E-state index in [2.05, 4.69) is 52.6 Å². The molecule has 2 heteroatoms. The van der Waals surface area contributed by atoms with Crippen molar-refractivity contribution < 1.29 is 0 Å². The Morgan fingerprint density at radius 2 is 1.88 bits per heavy atom. The summed E-state index contributed by atoms with van der Waals surface area (Å²) >= 11 is 3.66. The van der Waals surface area contributed by atoms with Crippen molar-refractivity contribution >= 4 is 15.9 Å². The van der Waals surface area contributed by atoms with E-state index in [9.17, 15) is 0 Å². The van der Waals surface area contributed by atoms with Crippen LogP contribution in [0.4, 0.5) is 0 Å². The van der Waals surface area contributed by atoms with Crippen LogP contribution in [0.1, 0.15) is 43.7 Å². The first-order valence-corrected chi connectivity index (χ1v) is 7.04. The summed E-state index contributed by atoms with van der Waals surface area (Å²) in [6, 6.07) is 9.10. The minimum Gasteiger partial charge on any atom is -0.313 e. The second-order valence-electron chi connectivity index (χ2n) is 4.69. The van der Waals surface area contributed by atoms with Gasteiger partial charge in [-0.25, -0.2) is 0 Å². The predicted octanol–water partition coefficient (Wildman–Crippen LogP) is 4.29. The van der Waals surface area contributed by atoms with Crippen LogP contribution in [0.3, 0.4) is 0 Å². The van der Waals surface area contributed by atoms with Gasteiger partial charge in [-0.15, -0.1) is 0 Å². The fourth-order valence-corrected chi connectivity index (χ4v) is 3.37. The summed E-state index contributed by atoms with van der Waals surface area (Å²) in [6.07, 6.45) is 6.95. The van der Waals surface area contributed by atoms with E-state index in [0.29, 0.717) is 6.04 Å². The van der Waals surface area contributed by atoms with Crippen LogP contribution in [0.5, 0.6) is 0 Å². The monoisotopic (exact) mass is 281 g/mol. The van der Waals surface area contributed by atoms with Crippen molar-refractivity contribution in [1.29, 1.82) is 0 Å². The van der Waals surface area contributed by atoms with E-state index in [-0.39, 0.29) is 0 Å². The van der Waals surface area contributed by atoms with E-state index in [1.54, 1.807) is 0 Å². The number of nitrogens with one attached hydrogen (secondary N) is 1. The van der Waals surface area contributed by atoms with Gasteiger partial charge >= 0.3 is 0 Å². The summed E-state index contributed by atoms with van der Waals surface area (Å²) < 4.78 is 1.24. The quantitative estimate of drug-likeness (QED) is 0.872. The number of halogens is 1. The van der Waals surface area contributed by atoms with E-state index in [0.717, 1.165) is 5.92 Å². The van der Waals surface area contributed by atoms with Gasteiger partial charge in [0.25, 0.3) is 0 Å². The average Bonchev–Trinajstić information content (AvgIpc) is 2.34. The van der Waals surface area contributed by atoms with Gasteiger partial charge < -0.3 is 5.32 Å². The molecule has 0 saturated heterocycles. The van der Waals surface area contributed by atoms with Crippen LogP contribution in [0, 0.1) is 5.92 Å². The molecule has 0 amide bonds. The van der Waals surface area contributed by atoms with Crippen LogP contribution in [0.15, 0.2) is 28.7 Å². The summed E-state index contributed by atoms with van der Waals surface area (Å²) in [4.78, 5) is 0. The Balaban J connectivity index is 2.18. The molecule has 1 aliphatic rings. The molecule has 1 atom stereocenters. The Hall–Kier alpha value is -0.340. The van der Waals surface area contributed by atoms with Crippen LogP contribution < -0.4 is 5.32 Å². The molecule has 1 aromatic rings. The van der Waals surface area contributed by atoms with Crippen molar-refractivity contribution in [3.8, 4) is 0 Å². The Bertz CT molecular complexity index is 331. The molecule has 0 spiro atoms. The van der Waals surface area contributed by atoms with E-state index in [1.165, 1.54) is 42.1 Å². The third-order valence-corrected chi connectivity index (χ3v) is 4.39. The highest BCUT2D eigenvalue weighted by Crippen LogP contribution is 2.36. The summed E-state index contributed by atoms with van der Waals surface area (Å²) in [7, 11) is 2.08. The molecule has 1 unspecified atom stereocenters. The summed E-state index contributed by atoms with van der Waals surface area (Å²) in [5.41, 5.74) is 1.41. The second-order valence-corrected chi connectivity index (χ2v) is 5.54. The Morgan fingerprint density at radius 1 is 1.19 bits per heavy atom. The fraction of sp³-hybridized carbons (Fsp3) is 0.571. The van der Waals surface area contributed by atoms with Crippen molar-refractivity contribution in [3.63, 3.8) is 0 Å². The zero-order valence-corrected chi connectivity index (χ0v) is 11.5. The lowest BCUT2D eigenvalue weighted by Gasteiger charge is -2.31. The molecule has 0 radical (unpaired) electrons. The van der Waals surface area contributed by atoms with Crippen molar-refractivity contribution in [2.24, 2.45) is 5.92 Å². The smallest absolute Gasteiger partial charge is 0.0357 e. The van der Waals surface area contributed by atoms with Gasteiger partial charge in [0, 0.05) is 10.5 Å². The maximum Gasteiger partial charge on any atom is 0.0357 e. The first-order valence-electron chi connectivity index (χ1n) is 6.24. The van der Waals surface area contributed by atoms with E-state index < -0.39 is 0 Å². The van der Waals surface area contributed by atoms with Gasteiger partial charge in [0.15, 0.2) is 0 Å². The Labute approximate surface area is 107 Å². The molecule has 1 aliphatic carbocycles. The zero-order valence-electron chi connectivity index (χ0n) is 9.88. The average molecular weight is 282 g/mol. The fourth-order valence-electron chi connectivity index (χ4n) is 2.84. The Kier molecular flexibility index (Phi) is 4.42. The molecule has 1 N–H and O–H groups in total. The third-order valence-electron chi connectivity index (χ3n) is 3.67. The summed E-state index contributed by atoms with van der Waals surface area (Å²) in [5, 5.41) is 3.50. The first-order chi connectivity index (χ1) is 7.83. The maximum atomic E-state index is 3.66. The molecule has 1 aromatic carbocycles. The lowest BCUT2D eigenvalue weighted by atomic mass is 9.81. The summed E-state index contributed by atoms with van der Waals surface area (Å²) in [6.45, 7) is 0. The second kappa shape index (κ2) is 5.83. The number of rotatable bonds is 3. The third kappa shape index (κ3) is 2.67. The molecule has 0 heterocycles. The van der Waals surface area contributed by atoms with Gasteiger partial charge in [-0.2, -0.15) is 0 Å². The van der Waals surface area contributed by atoms with Gasteiger partial charge in [0.2, 0.25) is 0 Å². The van der Waals surface area contributed by atoms with Crippen molar-refractivity contribution in [1.82, 2.24) is 5.32 Å². The lowest BCUT2D eigenvalue weighted by molar-refractivity contribution is 0.281. The molecular formula is C14H20BrN. The van der Waals surface area contributed by atoms with Crippen molar-refractivity contribution in [2.75, 3.05) is 7.05 Å². The molecule has 1 fully saturated rings. The van der Waals surface area contributed by atoms with Crippen LogP contribution in [0.25, 0.3) is 0 Å². The highest BCUT2D eigenvalue weighted by molar-refractivity contribution is 9.10. The number of benzene rings is 1. The predicted molar refractivity (Wildman–Crippen MR) is 72.5 cm³/mol. The molecule has 1 saturated carbocycles. The molecule has 88 valence electrons. The van der Waals surface area contributed by atoms with E-state index in [1.807, 2.05) is 0 Å². The molecule has 2 rings (SSSR count). The first kappa shape index (κ1) is 12.1. The summed E-state index contributed by atoms with van der Waals surface area (Å²) in [5.74, 6) is 0.803. The largest absolute Gasteiger partial charge is 0.313 e. The van der Waals surface area contributed by atoms with Gasteiger partial charge in [-0.05, 0) is 37.4 Å². The van der Waals surface area contributed by atoms with Crippen LogP contribution in [-0.2, 0) is 0 Å². The highest BCUT2D eigenvalue weighted by Gasteiger charge is 2.24. The molecule has 0 bridgehead atoms. The van der Waals surface area contributed by atoms with E-state index >= 15 is 0 Å². The minimum absolute atomic E-state index is 0.510. The minimum atomic E-state index is 0.510. The van der Waals surface area contributed by atoms with Crippen LogP contribution >= 0.6 is 15.9 Å². The van der Waals surface area contributed by atoms with E-state index in [4.69, 9.17) is 0 Å². The molecular weight excluding hydrogens is 262 g/mol. The molecule has 1 nitrogen and oxygen atoms in total. The topological polar surface area (TPSA) is 12.0 Å². The molecule has 0 aromatic heterocycles. The van der Waals surface area contributed by atoms with Gasteiger partial charge in [-0.3, -0.25) is 0 Å². The lowest BCUT2D eigenvalue weighted by Crippen LogP contribution is -2.27. The standard InChI is InChI=1S/C14H20BrN/c1-16-14(11-7-3-2-4-8-11)12-9-5-6-10-13(12)15/h5-6,9-11,14,16H,2-4,7-8H2,1H3. The normalized spacial score (nSPS) is 19.6. The van der Waals surface area contributed by atoms with Crippen LogP contribution in [-0.4, -0.2) is 7.05 Å². The zero-order chi connectivity index (χ0) is 11.4. The highest BCUT2D eigenvalue weighted by atomic mass is 79.9. The number of hydrogen-bond acceptors (Lipinski definition) is 1.